The first kappa shape index (κ1) is 16.0. The smallest absolute Gasteiger partial charge is 0.221 e. The van der Waals surface area contributed by atoms with Crippen LogP contribution in [-0.2, 0) is 27.6 Å². The van der Waals surface area contributed by atoms with Gasteiger partial charge in [-0.25, -0.2) is 13.4 Å². The third kappa shape index (κ3) is 4.84. The van der Waals surface area contributed by atoms with Crippen molar-refractivity contribution in [2.75, 3.05) is 11.5 Å². The molecule has 1 amide bonds. The number of carbonyl (C=O) groups excluding carboxylic acids is 1. The van der Waals surface area contributed by atoms with Gasteiger partial charge in [-0.15, -0.1) is 0 Å². The van der Waals surface area contributed by atoms with Crippen LogP contribution in [0.25, 0.3) is 0 Å². The van der Waals surface area contributed by atoms with E-state index in [1.54, 1.807) is 6.20 Å². The Morgan fingerprint density at radius 3 is 3.00 bits per heavy atom. The lowest BCUT2D eigenvalue weighted by molar-refractivity contribution is -0.121. The summed E-state index contributed by atoms with van der Waals surface area (Å²) in [5.74, 6) is 1.02. The molecule has 0 saturated carbocycles. The molecule has 0 radical (unpaired) electrons. The number of carbonyl (C=O) groups is 1. The van der Waals surface area contributed by atoms with Gasteiger partial charge in [0.05, 0.1) is 11.5 Å². The lowest BCUT2D eigenvalue weighted by atomic mass is 10.1. The second kappa shape index (κ2) is 6.60. The number of fused-ring (bicyclic) bond motifs is 1. The molecule has 0 fully saturated rings. The summed E-state index contributed by atoms with van der Waals surface area (Å²) >= 11 is 0. The number of amides is 1. The molecule has 1 aromatic rings. The molecule has 0 unspecified atom stereocenters. The largest absolute Gasteiger partial charge is 0.352 e. The number of aromatic nitrogens is 2. The highest BCUT2D eigenvalue weighted by Crippen LogP contribution is 2.13. The van der Waals surface area contributed by atoms with Gasteiger partial charge >= 0.3 is 0 Å². The van der Waals surface area contributed by atoms with E-state index in [-0.39, 0.29) is 35.8 Å². The van der Waals surface area contributed by atoms with E-state index in [1.807, 2.05) is 24.6 Å². The molecule has 1 atom stereocenters. The molecule has 0 aliphatic carbocycles. The minimum Gasteiger partial charge on any atom is -0.352 e. The van der Waals surface area contributed by atoms with Crippen LogP contribution in [0.4, 0.5) is 0 Å². The fourth-order valence-corrected chi connectivity index (χ4v) is 4.30. The van der Waals surface area contributed by atoms with Crippen LogP contribution in [0.3, 0.4) is 0 Å². The molecule has 0 saturated heterocycles. The summed E-state index contributed by atoms with van der Waals surface area (Å²) in [5, 5.41) is 2.92. The summed E-state index contributed by atoms with van der Waals surface area (Å²) in [5.41, 5.74) is 0. The van der Waals surface area contributed by atoms with Gasteiger partial charge in [-0.3, -0.25) is 4.79 Å². The first-order valence-corrected chi connectivity index (χ1v) is 9.17. The van der Waals surface area contributed by atoms with Crippen molar-refractivity contribution in [1.29, 1.82) is 0 Å². The molecule has 118 valence electrons. The SMILES string of the molecule is CC(C)CS(=O)(=O)CCC(=O)N[C@@H]1CCc2nccn2C1. The summed E-state index contributed by atoms with van der Waals surface area (Å²) in [7, 11) is -3.13. The van der Waals surface area contributed by atoms with Gasteiger partial charge in [0.15, 0.2) is 9.84 Å². The first-order valence-electron chi connectivity index (χ1n) is 7.35. The van der Waals surface area contributed by atoms with Crippen molar-refractivity contribution in [2.24, 2.45) is 5.92 Å². The molecule has 1 aliphatic rings. The number of hydrogen-bond acceptors (Lipinski definition) is 4. The van der Waals surface area contributed by atoms with E-state index in [4.69, 9.17) is 0 Å². The zero-order valence-electron chi connectivity index (χ0n) is 12.6. The van der Waals surface area contributed by atoms with E-state index in [9.17, 15) is 13.2 Å². The molecule has 6 nitrogen and oxygen atoms in total. The Kier molecular flexibility index (Phi) is 5.03. The van der Waals surface area contributed by atoms with Crippen molar-refractivity contribution >= 4 is 15.7 Å². The first-order chi connectivity index (χ1) is 9.85. The van der Waals surface area contributed by atoms with Crippen LogP contribution in [0.2, 0.25) is 0 Å². The lowest BCUT2D eigenvalue weighted by Crippen LogP contribution is -2.41. The Balaban J connectivity index is 1.78. The molecule has 1 N–H and O–H groups in total. The molecule has 7 heteroatoms. The minimum absolute atomic E-state index is 0.0440. The number of imidazole rings is 1. The monoisotopic (exact) mass is 313 g/mol. The molecule has 1 aliphatic heterocycles. The topological polar surface area (TPSA) is 81.1 Å². The van der Waals surface area contributed by atoms with Crippen molar-refractivity contribution < 1.29 is 13.2 Å². The highest BCUT2D eigenvalue weighted by Gasteiger charge is 2.21. The number of rotatable bonds is 6. The predicted octanol–water partition coefficient (Wildman–Crippen LogP) is 0.775. The molecule has 1 aromatic heterocycles. The number of sulfone groups is 1. The van der Waals surface area contributed by atoms with Gasteiger partial charge < -0.3 is 9.88 Å². The molecular weight excluding hydrogens is 290 g/mol. The van der Waals surface area contributed by atoms with Crippen LogP contribution >= 0.6 is 0 Å². The molecule has 2 heterocycles. The summed E-state index contributed by atoms with van der Waals surface area (Å²) < 4.78 is 25.6. The molecule has 21 heavy (non-hydrogen) atoms. The van der Waals surface area contributed by atoms with Crippen LogP contribution in [0.15, 0.2) is 12.4 Å². The molecule has 0 spiro atoms. The van der Waals surface area contributed by atoms with E-state index >= 15 is 0 Å². The maximum absolute atomic E-state index is 11.9. The highest BCUT2D eigenvalue weighted by atomic mass is 32.2. The van der Waals surface area contributed by atoms with Gasteiger partial charge in [0.1, 0.15) is 5.82 Å². The van der Waals surface area contributed by atoms with Gasteiger partial charge in [-0.2, -0.15) is 0 Å². The van der Waals surface area contributed by atoms with Crippen LogP contribution in [0.1, 0.15) is 32.5 Å². The lowest BCUT2D eigenvalue weighted by Gasteiger charge is -2.24. The highest BCUT2D eigenvalue weighted by molar-refractivity contribution is 7.91. The van der Waals surface area contributed by atoms with Crippen LogP contribution in [-0.4, -0.2) is 41.4 Å². The summed E-state index contributed by atoms with van der Waals surface area (Å²) in [6.45, 7) is 4.44. The second-order valence-corrected chi connectivity index (χ2v) is 8.29. The van der Waals surface area contributed by atoms with E-state index in [0.717, 1.165) is 18.7 Å². The second-order valence-electron chi connectivity index (χ2n) is 6.06. The standard InChI is InChI=1S/C14H23N3O3S/c1-11(2)10-21(19,20)8-5-14(18)16-12-3-4-13-15-6-7-17(13)9-12/h6-7,11-12H,3-5,8-10H2,1-2H3,(H,16,18)/t12-/m1/s1. The summed E-state index contributed by atoms with van der Waals surface area (Å²) in [6.07, 6.45) is 5.40. The van der Waals surface area contributed by atoms with Crippen molar-refractivity contribution in [3.8, 4) is 0 Å². The zero-order valence-corrected chi connectivity index (χ0v) is 13.4. The summed E-state index contributed by atoms with van der Waals surface area (Å²) in [4.78, 5) is 16.1. The van der Waals surface area contributed by atoms with Gasteiger partial charge in [-0.1, -0.05) is 13.8 Å². The van der Waals surface area contributed by atoms with Gasteiger partial charge in [0.2, 0.25) is 5.91 Å². The number of nitrogens with zero attached hydrogens (tertiary/aromatic N) is 2. The van der Waals surface area contributed by atoms with Crippen molar-refractivity contribution in [2.45, 2.75) is 45.7 Å². The van der Waals surface area contributed by atoms with E-state index in [0.29, 0.717) is 6.54 Å². The maximum Gasteiger partial charge on any atom is 0.221 e. The Labute approximate surface area is 125 Å². The molecular formula is C14H23N3O3S. The molecule has 2 rings (SSSR count). The molecule has 0 aromatic carbocycles. The zero-order chi connectivity index (χ0) is 15.5. The fraction of sp³-hybridized carbons (Fsp3) is 0.714. The quantitative estimate of drug-likeness (QED) is 0.841. The predicted molar refractivity (Wildman–Crippen MR) is 80.6 cm³/mol. The van der Waals surface area contributed by atoms with Gasteiger partial charge in [-0.05, 0) is 12.3 Å². The third-order valence-corrected chi connectivity index (χ3v) is 5.53. The normalized spacial score (nSPS) is 18.5. The Morgan fingerprint density at radius 1 is 1.52 bits per heavy atom. The van der Waals surface area contributed by atoms with E-state index < -0.39 is 9.84 Å². The van der Waals surface area contributed by atoms with Gasteiger partial charge in [0, 0.05) is 37.8 Å². The number of nitrogens with one attached hydrogen (secondary N) is 1. The van der Waals surface area contributed by atoms with E-state index in [1.165, 1.54) is 0 Å². The van der Waals surface area contributed by atoms with Crippen LogP contribution in [0, 0.1) is 5.92 Å². The average Bonchev–Trinajstić information content (AvgIpc) is 2.82. The fourth-order valence-electron chi connectivity index (χ4n) is 2.62. The van der Waals surface area contributed by atoms with Crippen molar-refractivity contribution in [3.63, 3.8) is 0 Å². The summed E-state index contributed by atoms with van der Waals surface area (Å²) in [6, 6.07) is 0.0620. The van der Waals surface area contributed by atoms with Crippen molar-refractivity contribution in [3.05, 3.63) is 18.2 Å². The van der Waals surface area contributed by atoms with Gasteiger partial charge in [0.25, 0.3) is 0 Å². The number of hydrogen-bond donors (Lipinski definition) is 1. The number of aryl methyl sites for hydroxylation is 1. The van der Waals surface area contributed by atoms with Crippen molar-refractivity contribution in [1.82, 2.24) is 14.9 Å². The minimum atomic E-state index is -3.13. The van der Waals surface area contributed by atoms with Crippen LogP contribution in [0.5, 0.6) is 0 Å². The molecule has 0 bridgehead atoms. The third-order valence-electron chi connectivity index (χ3n) is 3.53. The maximum atomic E-state index is 11.9. The average molecular weight is 313 g/mol. The Morgan fingerprint density at radius 2 is 2.29 bits per heavy atom. The van der Waals surface area contributed by atoms with E-state index in [2.05, 4.69) is 10.3 Å². The van der Waals surface area contributed by atoms with Crippen LogP contribution < -0.4 is 5.32 Å². The Bertz CT molecular complexity index is 592. The Hall–Kier alpha value is -1.37.